The largest absolute Gasteiger partial charge is 0.434 e. The number of thiol groups is 1. The van der Waals surface area contributed by atoms with Gasteiger partial charge in [-0.05, 0) is 48.5 Å². The molecule has 0 aliphatic carbocycles. The molecule has 2 aromatic carbocycles. The van der Waals surface area contributed by atoms with E-state index >= 15 is 0 Å². The number of fused-ring (bicyclic) bond motifs is 1. The number of nitrogens with two attached hydrogens (primary N) is 1. The van der Waals surface area contributed by atoms with Gasteiger partial charge in [0.1, 0.15) is 0 Å². The quantitative estimate of drug-likeness (QED) is 0.368. The Balaban J connectivity index is 0.000000179. The van der Waals surface area contributed by atoms with Crippen LogP contribution in [0.2, 0.25) is 5.02 Å². The van der Waals surface area contributed by atoms with E-state index in [0.29, 0.717) is 22.8 Å². The Bertz CT molecular complexity index is 900. The summed E-state index contributed by atoms with van der Waals surface area (Å²) in [6.07, 6.45) is 1.68. The van der Waals surface area contributed by atoms with Gasteiger partial charge in [-0.25, -0.2) is 4.98 Å². The number of oxazole rings is 1. The molecule has 0 unspecified atom stereocenters. The molecule has 2 N–H and O–H groups in total. The molecule has 2 heterocycles. The van der Waals surface area contributed by atoms with Gasteiger partial charge in [0.15, 0.2) is 11.2 Å². The summed E-state index contributed by atoms with van der Waals surface area (Å²) in [4.78, 5) is 9.34. The van der Waals surface area contributed by atoms with E-state index in [1.807, 2.05) is 60.7 Å². The third-order valence-corrected chi connectivity index (χ3v) is 3.73. The van der Waals surface area contributed by atoms with Crippen molar-refractivity contribution in [3.05, 3.63) is 71.9 Å². The molecule has 4 aromatic rings. The smallest absolute Gasteiger partial charge is 0.230 e. The van der Waals surface area contributed by atoms with Crippen LogP contribution in [0.15, 0.2) is 76.2 Å². The van der Waals surface area contributed by atoms with E-state index < -0.39 is 0 Å². The van der Waals surface area contributed by atoms with Crippen LogP contribution in [0.25, 0.3) is 22.7 Å². The van der Waals surface area contributed by atoms with Crippen molar-refractivity contribution in [2.24, 2.45) is 0 Å². The highest BCUT2D eigenvalue weighted by Gasteiger charge is 2.10. The first-order valence-corrected chi connectivity index (χ1v) is 7.97. The zero-order valence-electron chi connectivity index (χ0n) is 12.6. The Labute approximate surface area is 149 Å². The molecule has 0 spiro atoms. The zero-order chi connectivity index (χ0) is 16.9. The van der Waals surface area contributed by atoms with Crippen LogP contribution in [0, 0.1) is 0 Å². The third-order valence-electron chi connectivity index (χ3n) is 3.18. The first-order chi connectivity index (χ1) is 11.6. The summed E-state index contributed by atoms with van der Waals surface area (Å²) in [6.45, 7) is 0. The Morgan fingerprint density at radius 3 is 2.38 bits per heavy atom. The molecule has 0 radical (unpaired) electrons. The van der Waals surface area contributed by atoms with E-state index in [9.17, 15) is 0 Å². The Kier molecular flexibility index (Phi) is 5.03. The number of hydrogen-bond donors (Lipinski definition) is 2. The number of rotatable bonds is 1. The van der Waals surface area contributed by atoms with Crippen LogP contribution in [-0.4, -0.2) is 9.97 Å². The number of para-hydroxylation sites is 1. The van der Waals surface area contributed by atoms with Gasteiger partial charge in [-0.3, -0.25) is 0 Å². The van der Waals surface area contributed by atoms with Gasteiger partial charge in [-0.2, -0.15) is 4.98 Å². The first-order valence-electron chi connectivity index (χ1n) is 7.14. The zero-order valence-corrected chi connectivity index (χ0v) is 14.2. The molecular formula is C18H14ClN3OS. The molecule has 0 bridgehead atoms. The van der Waals surface area contributed by atoms with E-state index in [0.717, 1.165) is 15.5 Å². The Hall–Kier alpha value is -2.50. The fourth-order valence-electron chi connectivity index (χ4n) is 2.02. The number of nitrogens with zero attached hydrogens (tertiary/aromatic N) is 2. The molecule has 120 valence electrons. The maximum absolute atomic E-state index is 5.85. The topological polar surface area (TPSA) is 64.9 Å². The number of pyridine rings is 1. The molecule has 24 heavy (non-hydrogen) atoms. The summed E-state index contributed by atoms with van der Waals surface area (Å²) in [6, 6.07) is 18.4. The van der Waals surface area contributed by atoms with Crippen molar-refractivity contribution in [1.82, 2.24) is 9.97 Å². The Morgan fingerprint density at radius 1 is 0.958 bits per heavy atom. The lowest BCUT2D eigenvalue weighted by Crippen LogP contribution is -1.88. The van der Waals surface area contributed by atoms with Crippen molar-refractivity contribution in [3.8, 4) is 11.5 Å². The minimum atomic E-state index is 0.506. The molecule has 0 atom stereocenters. The van der Waals surface area contributed by atoms with Crippen molar-refractivity contribution in [1.29, 1.82) is 0 Å². The van der Waals surface area contributed by atoms with Crippen LogP contribution >= 0.6 is 24.2 Å². The van der Waals surface area contributed by atoms with Crippen LogP contribution in [0.1, 0.15) is 0 Å². The van der Waals surface area contributed by atoms with Crippen molar-refractivity contribution in [3.63, 3.8) is 0 Å². The fraction of sp³-hybridized carbons (Fsp3) is 0. The highest BCUT2D eigenvalue weighted by Crippen LogP contribution is 2.27. The lowest BCUT2D eigenvalue weighted by Gasteiger charge is -1.98. The Morgan fingerprint density at radius 2 is 1.71 bits per heavy atom. The average Bonchev–Trinajstić information content (AvgIpc) is 3.02. The van der Waals surface area contributed by atoms with Crippen molar-refractivity contribution >= 4 is 41.1 Å². The molecule has 4 rings (SSSR count). The molecular weight excluding hydrogens is 342 g/mol. The monoisotopic (exact) mass is 355 g/mol. The maximum Gasteiger partial charge on any atom is 0.230 e. The molecule has 6 heteroatoms. The summed E-state index contributed by atoms with van der Waals surface area (Å²) < 4.78 is 5.58. The number of halogens is 1. The molecule has 0 aliphatic rings. The summed E-state index contributed by atoms with van der Waals surface area (Å²) in [7, 11) is 0. The molecule has 4 nitrogen and oxygen atoms in total. The van der Waals surface area contributed by atoms with E-state index in [-0.39, 0.29) is 0 Å². The minimum absolute atomic E-state index is 0.506. The van der Waals surface area contributed by atoms with Crippen molar-refractivity contribution in [2.75, 3.05) is 5.73 Å². The lowest BCUT2D eigenvalue weighted by molar-refractivity contribution is 0.620. The van der Waals surface area contributed by atoms with Crippen LogP contribution in [-0.2, 0) is 0 Å². The molecule has 0 aliphatic heterocycles. The standard InChI is InChI=1S/C12H9N3O.C6H5ClS/c13-9-5-2-1-4-8(9)12-15-11-10(16-12)6-3-7-14-11;7-5-1-3-6(8)4-2-5/h1-7H,13H2;1-4,8H. The van der Waals surface area contributed by atoms with Gasteiger partial charge in [0.2, 0.25) is 5.89 Å². The van der Waals surface area contributed by atoms with Gasteiger partial charge < -0.3 is 10.2 Å². The number of benzene rings is 2. The summed E-state index contributed by atoms with van der Waals surface area (Å²) >= 11 is 9.65. The SMILES string of the molecule is Nc1ccccc1-c1nc2ncccc2o1.Sc1ccc(Cl)cc1. The maximum atomic E-state index is 5.85. The second-order valence-electron chi connectivity index (χ2n) is 4.91. The molecule has 0 amide bonds. The van der Waals surface area contributed by atoms with Gasteiger partial charge in [-0.1, -0.05) is 23.7 Å². The highest BCUT2D eigenvalue weighted by molar-refractivity contribution is 7.80. The summed E-state index contributed by atoms with van der Waals surface area (Å²) in [5.41, 5.74) is 8.56. The lowest BCUT2D eigenvalue weighted by atomic mass is 10.2. The molecule has 0 saturated carbocycles. The number of hydrogen-bond acceptors (Lipinski definition) is 5. The number of anilines is 1. The average molecular weight is 356 g/mol. The number of nitrogen functional groups attached to an aromatic ring is 1. The minimum Gasteiger partial charge on any atom is -0.434 e. The predicted molar refractivity (Wildman–Crippen MR) is 100 cm³/mol. The number of aromatic nitrogens is 2. The second-order valence-corrected chi connectivity index (χ2v) is 5.86. The van der Waals surface area contributed by atoms with Gasteiger partial charge >= 0.3 is 0 Å². The van der Waals surface area contributed by atoms with Gasteiger partial charge in [-0.15, -0.1) is 12.6 Å². The van der Waals surface area contributed by atoms with E-state index in [1.165, 1.54) is 0 Å². The van der Waals surface area contributed by atoms with Crippen molar-refractivity contribution < 1.29 is 4.42 Å². The third kappa shape index (κ3) is 3.88. The van der Waals surface area contributed by atoms with Gasteiger partial charge in [0.05, 0.1) is 5.56 Å². The van der Waals surface area contributed by atoms with Gasteiger partial charge in [0, 0.05) is 21.8 Å². The summed E-state index contributed by atoms with van der Waals surface area (Å²) in [5.74, 6) is 0.506. The first kappa shape index (κ1) is 16.4. The highest BCUT2D eigenvalue weighted by atomic mass is 35.5. The van der Waals surface area contributed by atoms with Crippen LogP contribution in [0.4, 0.5) is 5.69 Å². The van der Waals surface area contributed by atoms with Crippen LogP contribution < -0.4 is 5.73 Å². The van der Waals surface area contributed by atoms with E-state index in [1.54, 1.807) is 6.20 Å². The van der Waals surface area contributed by atoms with Crippen LogP contribution in [0.3, 0.4) is 0 Å². The molecule has 0 fully saturated rings. The van der Waals surface area contributed by atoms with E-state index in [4.69, 9.17) is 21.8 Å². The van der Waals surface area contributed by atoms with E-state index in [2.05, 4.69) is 22.6 Å². The normalized spacial score (nSPS) is 10.2. The second kappa shape index (κ2) is 7.38. The van der Waals surface area contributed by atoms with Gasteiger partial charge in [0.25, 0.3) is 0 Å². The summed E-state index contributed by atoms with van der Waals surface area (Å²) in [5, 5.41) is 0.753. The molecule has 2 aromatic heterocycles. The van der Waals surface area contributed by atoms with Crippen molar-refractivity contribution in [2.45, 2.75) is 4.90 Å². The predicted octanol–water partition coefficient (Wildman–Crippen LogP) is 5.10. The fourth-order valence-corrected chi connectivity index (χ4v) is 2.29. The van der Waals surface area contributed by atoms with Crippen LogP contribution in [0.5, 0.6) is 0 Å². The molecule has 0 saturated heterocycles.